The largest absolute Gasteiger partial charge is 0.343 e. The van der Waals surface area contributed by atoms with Crippen LogP contribution in [0.1, 0.15) is 40.4 Å². The van der Waals surface area contributed by atoms with Crippen molar-refractivity contribution in [1.29, 1.82) is 5.26 Å². The number of hydrogen-bond acceptors (Lipinski definition) is 3. The summed E-state index contributed by atoms with van der Waals surface area (Å²) < 4.78 is 0. The van der Waals surface area contributed by atoms with Crippen LogP contribution in [-0.4, -0.2) is 29.8 Å². The van der Waals surface area contributed by atoms with Gasteiger partial charge < -0.3 is 10.2 Å². The standard InChI is InChI=1S/C20H19N3O2/c21-13-15-8-10-17(11-9-15)20(25)22-18(16-5-2-1-3-6-16)14-23-12-4-7-19(23)24/h1-3,5-6,8-11,18H,4,7,12,14H2,(H,22,25)/t18-/m0/s1. The van der Waals surface area contributed by atoms with Gasteiger partial charge in [0.15, 0.2) is 0 Å². The van der Waals surface area contributed by atoms with Gasteiger partial charge in [-0.3, -0.25) is 9.59 Å². The van der Waals surface area contributed by atoms with Gasteiger partial charge in [0, 0.05) is 25.1 Å². The number of nitrogens with one attached hydrogen (secondary N) is 1. The zero-order valence-electron chi connectivity index (χ0n) is 13.8. The van der Waals surface area contributed by atoms with Crippen LogP contribution in [-0.2, 0) is 4.79 Å². The van der Waals surface area contributed by atoms with Crippen LogP contribution in [0.15, 0.2) is 54.6 Å². The van der Waals surface area contributed by atoms with Gasteiger partial charge in [0.05, 0.1) is 17.7 Å². The van der Waals surface area contributed by atoms with E-state index in [2.05, 4.69) is 5.32 Å². The van der Waals surface area contributed by atoms with Crippen molar-refractivity contribution in [2.45, 2.75) is 18.9 Å². The van der Waals surface area contributed by atoms with E-state index in [4.69, 9.17) is 5.26 Å². The molecule has 0 aliphatic carbocycles. The van der Waals surface area contributed by atoms with Gasteiger partial charge in [-0.2, -0.15) is 5.26 Å². The highest BCUT2D eigenvalue weighted by Crippen LogP contribution is 2.19. The minimum absolute atomic E-state index is 0.133. The summed E-state index contributed by atoms with van der Waals surface area (Å²) in [7, 11) is 0. The van der Waals surface area contributed by atoms with Crippen LogP contribution in [0.4, 0.5) is 0 Å². The van der Waals surface area contributed by atoms with Crippen LogP contribution in [0.5, 0.6) is 0 Å². The number of benzene rings is 2. The molecule has 1 aliphatic rings. The van der Waals surface area contributed by atoms with Crippen molar-refractivity contribution in [3.8, 4) is 6.07 Å². The lowest BCUT2D eigenvalue weighted by Crippen LogP contribution is -2.38. The van der Waals surface area contributed by atoms with Gasteiger partial charge in [-0.25, -0.2) is 0 Å². The number of nitriles is 1. The number of amides is 2. The molecule has 1 atom stereocenters. The number of nitrogens with zero attached hydrogens (tertiary/aromatic N) is 2. The lowest BCUT2D eigenvalue weighted by atomic mass is 10.1. The molecule has 0 spiro atoms. The second kappa shape index (κ2) is 7.63. The predicted molar refractivity (Wildman–Crippen MR) is 93.6 cm³/mol. The molecule has 1 fully saturated rings. The molecule has 0 bridgehead atoms. The first-order chi connectivity index (χ1) is 12.2. The van der Waals surface area contributed by atoms with Gasteiger partial charge in [0.1, 0.15) is 0 Å². The molecule has 25 heavy (non-hydrogen) atoms. The monoisotopic (exact) mass is 333 g/mol. The van der Waals surface area contributed by atoms with Crippen LogP contribution in [0.25, 0.3) is 0 Å². The summed E-state index contributed by atoms with van der Waals surface area (Å²) in [5, 5.41) is 11.9. The fraction of sp³-hybridized carbons (Fsp3) is 0.250. The van der Waals surface area contributed by atoms with Gasteiger partial charge in [-0.15, -0.1) is 0 Å². The number of hydrogen-bond donors (Lipinski definition) is 1. The smallest absolute Gasteiger partial charge is 0.251 e. The van der Waals surface area contributed by atoms with Gasteiger partial charge in [0.25, 0.3) is 5.91 Å². The Balaban J connectivity index is 1.77. The topological polar surface area (TPSA) is 73.2 Å². The maximum Gasteiger partial charge on any atom is 0.251 e. The van der Waals surface area contributed by atoms with Crippen LogP contribution in [0.3, 0.4) is 0 Å². The lowest BCUT2D eigenvalue weighted by Gasteiger charge is -2.25. The molecule has 2 aromatic carbocycles. The first-order valence-electron chi connectivity index (χ1n) is 8.31. The molecule has 1 N–H and O–H groups in total. The molecule has 0 unspecified atom stereocenters. The van der Waals surface area contributed by atoms with E-state index in [0.29, 0.717) is 24.1 Å². The predicted octanol–water partition coefficient (Wildman–Crippen LogP) is 2.65. The summed E-state index contributed by atoms with van der Waals surface area (Å²) in [6.45, 7) is 1.19. The van der Waals surface area contributed by atoms with E-state index in [0.717, 1.165) is 18.5 Å². The van der Waals surface area contributed by atoms with Crippen LogP contribution < -0.4 is 5.32 Å². The Morgan fingerprint density at radius 1 is 1.16 bits per heavy atom. The van der Waals surface area contributed by atoms with Crippen molar-refractivity contribution < 1.29 is 9.59 Å². The molecule has 1 saturated heterocycles. The second-order valence-electron chi connectivity index (χ2n) is 6.07. The number of likely N-dealkylation sites (tertiary alicyclic amines) is 1. The molecule has 5 heteroatoms. The zero-order valence-corrected chi connectivity index (χ0v) is 13.8. The van der Waals surface area contributed by atoms with E-state index in [-0.39, 0.29) is 17.9 Å². The maximum atomic E-state index is 12.6. The van der Waals surface area contributed by atoms with Gasteiger partial charge in [0.2, 0.25) is 5.91 Å². The maximum absolute atomic E-state index is 12.6. The fourth-order valence-electron chi connectivity index (χ4n) is 2.97. The molecule has 126 valence electrons. The van der Waals surface area contributed by atoms with E-state index in [1.807, 2.05) is 36.4 Å². The van der Waals surface area contributed by atoms with E-state index >= 15 is 0 Å². The Hall–Kier alpha value is -3.13. The first kappa shape index (κ1) is 16.7. The van der Waals surface area contributed by atoms with Crippen molar-refractivity contribution in [2.24, 2.45) is 0 Å². The quantitative estimate of drug-likeness (QED) is 0.914. The molecule has 5 nitrogen and oxygen atoms in total. The summed E-state index contributed by atoms with van der Waals surface area (Å²) in [6.07, 6.45) is 1.44. The normalized spacial score (nSPS) is 14.8. The van der Waals surface area contributed by atoms with Crippen LogP contribution in [0.2, 0.25) is 0 Å². The summed E-state index contributed by atoms with van der Waals surface area (Å²) in [6, 6.07) is 17.9. The average Bonchev–Trinajstić information content (AvgIpc) is 3.06. The third kappa shape index (κ3) is 4.04. The second-order valence-corrected chi connectivity index (χ2v) is 6.07. The minimum Gasteiger partial charge on any atom is -0.343 e. The van der Waals surface area contributed by atoms with E-state index in [1.165, 1.54) is 0 Å². The molecule has 1 heterocycles. The van der Waals surface area contributed by atoms with Crippen molar-refractivity contribution in [3.63, 3.8) is 0 Å². The Bertz CT molecular complexity index is 794. The molecular formula is C20H19N3O2. The summed E-state index contributed by atoms with van der Waals surface area (Å²) >= 11 is 0. The Labute approximate surface area is 146 Å². The van der Waals surface area contributed by atoms with Crippen LogP contribution >= 0.6 is 0 Å². The molecule has 3 rings (SSSR count). The van der Waals surface area contributed by atoms with E-state index in [9.17, 15) is 9.59 Å². The van der Waals surface area contributed by atoms with E-state index < -0.39 is 0 Å². The van der Waals surface area contributed by atoms with Gasteiger partial charge in [-0.05, 0) is 36.2 Å². The molecular weight excluding hydrogens is 314 g/mol. The van der Waals surface area contributed by atoms with Crippen LogP contribution in [0, 0.1) is 11.3 Å². The number of rotatable bonds is 5. The summed E-state index contributed by atoms with van der Waals surface area (Å²) in [5.41, 5.74) is 1.97. The number of carbonyl (C=O) groups is 2. The van der Waals surface area contributed by atoms with Crippen molar-refractivity contribution in [2.75, 3.05) is 13.1 Å². The average molecular weight is 333 g/mol. The Morgan fingerprint density at radius 2 is 1.88 bits per heavy atom. The zero-order chi connectivity index (χ0) is 17.6. The lowest BCUT2D eigenvalue weighted by molar-refractivity contribution is -0.128. The van der Waals surface area contributed by atoms with E-state index in [1.54, 1.807) is 29.2 Å². The highest BCUT2D eigenvalue weighted by Gasteiger charge is 2.25. The molecule has 0 aromatic heterocycles. The first-order valence-corrected chi connectivity index (χ1v) is 8.31. The summed E-state index contributed by atoms with van der Waals surface area (Å²) in [4.78, 5) is 26.3. The van der Waals surface area contributed by atoms with Crippen molar-refractivity contribution in [1.82, 2.24) is 10.2 Å². The highest BCUT2D eigenvalue weighted by molar-refractivity contribution is 5.94. The molecule has 0 saturated carbocycles. The molecule has 2 amide bonds. The van der Waals surface area contributed by atoms with Crippen molar-refractivity contribution in [3.05, 3.63) is 71.3 Å². The Morgan fingerprint density at radius 3 is 2.48 bits per heavy atom. The Kier molecular flexibility index (Phi) is 5.10. The molecule has 0 radical (unpaired) electrons. The third-order valence-corrected chi connectivity index (χ3v) is 4.36. The van der Waals surface area contributed by atoms with Crippen molar-refractivity contribution >= 4 is 11.8 Å². The third-order valence-electron chi connectivity index (χ3n) is 4.36. The number of carbonyl (C=O) groups excluding carboxylic acids is 2. The molecule has 2 aromatic rings. The molecule has 1 aliphatic heterocycles. The minimum atomic E-state index is -0.272. The highest BCUT2D eigenvalue weighted by atomic mass is 16.2. The SMILES string of the molecule is N#Cc1ccc(C(=O)N[C@@H](CN2CCCC2=O)c2ccccc2)cc1. The summed E-state index contributed by atoms with van der Waals surface area (Å²) in [5.74, 6) is -0.0847. The van der Waals surface area contributed by atoms with Gasteiger partial charge in [-0.1, -0.05) is 30.3 Å². The van der Waals surface area contributed by atoms with Gasteiger partial charge >= 0.3 is 0 Å². The fourth-order valence-corrected chi connectivity index (χ4v) is 2.97.